The summed E-state index contributed by atoms with van der Waals surface area (Å²) < 4.78 is 95.2. The van der Waals surface area contributed by atoms with Crippen molar-refractivity contribution in [2.24, 2.45) is 0 Å². The summed E-state index contributed by atoms with van der Waals surface area (Å²) in [7, 11) is 2.13. The Kier molecular flexibility index (Phi) is 13.7. The third-order valence-corrected chi connectivity index (χ3v) is 4.92. The number of carboxylic acid groups (broad SMARTS) is 3. The van der Waals surface area contributed by atoms with E-state index >= 15 is 0 Å². The van der Waals surface area contributed by atoms with E-state index in [-0.39, 0.29) is 0 Å². The number of anilines is 1. The fraction of sp³-hybridized carbons (Fsp3) is 0.280. The van der Waals surface area contributed by atoms with Gasteiger partial charge in [0.2, 0.25) is 5.95 Å². The number of nitrogens with one attached hydrogen (secondary N) is 1. The molecule has 0 radical (unpaired) electrons. The maximum Gasteiger partial charge on any atom is 0.490 e. The molecule has 45 heavy (non-hydrogen) atoms. The molecule has 0 amide bonds. The fourth-order valence-corrected chi connectivity index (χ4v) is 3.05. The molecule has 3 aromatic rings. The highest BCUT2D eigenvalue weighted by molar-refractivity contribution is 5.73. The van der Waals surface area contributed by atoms with Gasteiger partial charge < -0.3 is 20.6 Å². The molecule has 4 rings (SSSR count). The first-order chi connectivity index (χ1) is 20.6. The molecule has 0 saturated carbocycles. The molecule has 20 heteroatoms. The van der Waals surface area contributed by atoms with E-state index in [1.165, 1.54) is 11.1 Å². The van der Waals surface area contributed by atoms with E-state index in [1.54, 1.807) is 6.20 Å². The normalized spacial score (nSPS) is 12.6. The maximum absolute atomic E-state index is 10.6. The standard InChI is InChI=1S/C19H19N5.3C2HF3O2/c1-24-12-15-6-2-3-7-17(15)18-16(13-24)11-22-19(23-18)21-10-14-5-4-8-20-9-14;3*3-2(4,5)1(6)7/h2-9,11H,10,12-13H2,1H3,(H,21,22,23);3*(H,6,7). The molecule has 1 aliphatic rings. The number of halogens is 9. The Labute approximate surface area is 247 Å². The first-order valence-electron chi connectivity index (χ1n) is 11.8. The summed E-state index contributed by atoms with van der Waals surface area (Å²) in [4.78, 5) is 42.4. The van der Waals surface area contributed by atoms with Crippen molar-refractivity contribution in [2.45, 2.75) is 38.2 Å². The number of benzene rings is 1. The lowest BCUT2D eigenvalue weighted by Crippen LogP contribution is -2.21. The molecule has 1 aromatic carbocycles. The van der Waals surface area contributed by atoms with Crippen LogP contribution in [-0.2, 0) is 34.0 Å². The van der Waals surface area contributed by atoms with Crippen LogP contribution in [0.2, 0.25) is 0 Å². The molecule has 1 aliphatic heterocycles. The van der Waals surface area contributed by atoms with Crippen LogP contribution in [0.4, 0.5) is 45.5 Å². The van der Waals surface area contributed by atoms with E-state index in [4.69, 9.17) is 34.7 Å². The first kappa shape index (κ1) is 38.0. The van der Waals surface area contributed by atoms with Crippen LogP contribution in [0.3, 0.4) is 0 Å². The van der Waals surface area contributed by atoms with Crippen LogP contribution in [0.5, 0.6) is 0 Å². The van der Waals surface area contributed by atoms with Crippen molar-refractivity contribution in [3.05, 3.63) is 71.7 Å². The molecule has 0 fully saturated rings. The highest BCUT2D eigenvalue weighted by Crippen LogP contribution is 2.30. The van der Waals surface area contributed by atoms with Crippen molar-refractivity contribution < 1.29 is 69.2 Å². The average Bonchev–Trinajstić information content (AvgIpc) is 3.07. The zero-order valence-electron chi connectivity index (χ0n) is 22.6. The third-order valence-electron chi connectivity index (χ3n) is 4.92. The van der Waals surface area contributed by atoms with Crippen molar-refractivity contribution >= 4 is 23.9 Å². The number of hydrogen-bond donors (Lipinski definition) is 4. The van der Waals surface area contributed by atoms with Crippen LogP contribution < -0.4 is 5.32 Å². The molecular weight excluding hydrogens is 637 g/mol. The molecule has 3 heterocycles. The van der Waals surface area contributed by atoms with Crippen LogP contribution in [0, 0.1) is 0 Å². The highest BCUT2D eigenvalue weighted by Gasteiger charge is 2.39. The topological polar surface area (TPSA) is 166 Å². The van der Waals surface area contributed by atoms with E-state index in [0.29, 0.717) is 12.5 Å². The molecule has 11 nitrogen and oxygen atoms in total. The molecule has 2 aromatic heterocycles. The Hall–Kier alpha value is -5.01. The van der Waals surface area contributed by atoms with E-state index in [2.05, 4.69) is 51.5 Å². The quantitative estimate of drug-likeness (QED) is 0.280. The number of aliphatic carboxylic acids is 3. The Morgan fingerprint density at radius 1 is 0.778 bits per heavy atom. The number of alkyl halides is 9. The van der Waals surface area contributed by atoms with Crippen LogP contribution in [0.1, 0.15) is 16.7 Å². The highest BCUT2D eigenvalue weighted by atomic mass is 19.4. The molecule has 0 spiro atoms. The van der Waals surface area contributed by atoms with Gasteiger partial charge in [-0.25, -0.2) is 24.4 Å². The number of rotatable bonds is 3. The SMILES string of the molecule is CN1Cc2ccccc2-c2nc(NCc3cccnc3)ncc2C1.O=C(O)C(F)(F)F.O=C(O)C(F)(F)F.O=C(O)C(F)(F)F. The summed E-state index contributed by atoms with van der Waals surface area (Å²) in [5.74, 6) is -7.62. The van der Waals surface area contributed by atoms with Crippen molar-refractivity contribution in [3.63, 3.8) is 0 Å². The molecular formula is C25H22F9N5O6. The number of nitrogens with zero attached hydrogens (tertiary/aromatic N) is 4. The van der Waals surface area contributed by atoms with Crippen LogP contribution in [0.25, 0.3) is 11.3 Å². The number of aromatic nitrogens is 3. The number of carboxylic acids is 3. The third kappa shape index (κ3) is 13.9. The van der Waals surface area contributed by atoms with Gasteiger partial charge in [0.15, 0.2) is 0 Å². The summed E-state index contributed by atoms with van der Waals surface area (Å²) in [6.45, 7) is 2.44. The van der Waals surface area contributed by atoms with Gasteiger partial charge in [-0.05, 0) is 24.2 Å². The molecule has 0 unspecified atom stereocenters. The second kappa shape index (κ2) is 16.2. The van der Waals surface area contributed by atoms with E-state index < -0.39 is 36.4 Å². The van der Waals surface area contributed by atoms with Gasteiger partial charge in [-0.1, -0.05) is 30.3 Å². The molecule has 0 atom stereocenters. The Morgan fingerprint density at radius 2 is 1.27 bits per heavy atom. The zero-order chi connectivity index (χ0) is 34.6. The van der Waals surface area contributed by atoms with E-state index in [1.807, 2.05) is 24.5 Å². The van der Waals surface area contributed by atoms with Crippen molar-refractivity contribution in [1.82, 2.24) is 19.9 Å². The summed E-state index contributed by atoms with van der Waals surface area (Å²) in [6, 6.07) is 12.4. The molecule has 0 saturated heterocycles. The Bertz CT molecular complexity index is 1380. The molecule has 0 bridgehead atoms. The molecule has 246 valence electrons. The van der Waals surface area contributed by atoms with Gasteiger partial charge >= 0.3 is 36.4 Å². The fourth-order valence-electron chi connectivity index (χ4n) is 3.05. The van der Waals surface area contributed by atoms with Crippen molar-refractivity contribution in [1.29, 1.82) is 0 Å². The average molecular weight is 659 g/mol. The summed E-state index contributed by atoms with van der Waals surface area (Å²) >= 11 is 0. The van der Waals surface area contributed by atoms with Gasteiger partial charge in [-0.3, -0.25) is 9.88 Å². The maximum atomic E-state index is 10.6. The lowest BCUT2D eigenvalue weighted by atomic mass is 10.0. The van der Waals surface area contributed by atoms with Gasteiger partial charge in [0.25, 0.3) is 0 Å². The molecule has 0 aliphatic carbocycles. The minimum absolute atomic E-state index is 0.650. The number of hydrogen-bond acceptors (Lipinski definition) is 8. The largest absolute Gasteiger partial charge is 0.490 e. The van der Waals surface area contributed by atoms with E-state index in [9.17, 15) is 39.5 Å². The Morgan fingerprint density at radius 3 is 1.73 bits per heavy atom. The predicted molar refractivity (Wildman–Crippen MR) is 135 cm³/mol. The first-order valence-corrected chi connectivity index (χ1v) is 11.8. The van der Waals surface area contributed by atoms with Crippen molar-refractivity contribution in [3.8, 4) is 11.3 Å². The lowest BCUT2D eigenvalue weighted by molar-refractivity contribution is -0.193. The lowest BCUT2D eigenvalue weighted by Gasteiger charge is -2.13. The van der Waals surface area contributed by atoms with Crippen LogP contribution in [0.15, 0.2) is 55.0 Å². The monoisotopic (exact) mass is 659 g/mol. The van der Waals surface area contributed by atoms with Gasteiger partial charge in [0.05, 0.1) is 5.69 Å². The summed E-state index contributed by atoms with van der Waals surface area (Å²) in [6.07, 6.45) is -9.69. The van der Waals surface area contributed by atoms with Gasteiger partial charge in [0, 0.05) is 49.4 Å². The number of carbonyl (C=O) groups is 3. The van der Waals surface area contributed by atoms with Crippen LogP contribution >= 0.6 is 0 Å². The zero-order valence-corrected chi connectivity index (χ0v) is 22.6. The summed E-state index contributed by atoms with van der Waals surface area (Å²) in [5, 5.41) is 24.7. The number of fused-ring (bicyclic) bond motifs is 3. The summed E-state index contributed by atoms with van der Waals surface area (Å²) in [5.41, 5.74) is 5.79. The molecule has 4 N–H and O–H groups in total. The van der Waals surface area contributed by atoms with Gasteiger partial charge in [-0.15, -0.1) is 0 Å². The van der Waals surface area contributed by atoms with Crippen LogP contribution in [-0.4, -0.2) is 78.7 Å². The van der Waals surface area contributed by atoms with E-state index in [0.717, 1.165) is 29.9 Å². The van der Waals surface area contributed by atoms with Crippen molar-refractivity contribution in [2.75, 3.05) is 12.4 Å². The Balaban J connectivity index is 0.000000396. The minimum atomic E-state index is -5.08. The minimum Gasteiger partial charge on any atom is -0.475 e. The predicted octanol–water partition coefficient (Wildman–Crippen LogP) is 5.00. The number of pyridine rings is 1. The second-order valence-corrected chi connectivity index (χ2v) is 8.52. The van der Waals surface area contributed by atoms with Gasteiger partial charge in [0.1, 0.15) is 0 Å². The second-order valence-electron chi connectivity index (χ2n) is 8.52. The van der Waals surface area contributed by atoms with Gasteiger partial charge in [-0.2, -0.15) is 39.5 Å². The smallest absolute Gasteiger partial charge is 0.475 e.